The molecule has 2 aliphatic heterocycles. The lowest BCUT2D eigenvalue weighted by molar-refractivity contribution is -0.121. The van der Waals surface area contributed by atoms with Crippen LogP contribution in [0.5, 0.6) is 0 Å². The average Bonchev–Trinajstić information content (AvgIpc) is 2.93. The second kappa shape index (κ2) is 5.46. The quantitative estimate of drug-likeness (QED) is 0.783. The first kappa shape index (κ1) is 12.9. The third-order valence-corrected chi connectivity index (χ3v) is 3.66. The van der Waals surface area contributed by atoms with Crippen LogP contribution in [0, 0.1) is 0 Å². The fraction of sp³-hybridized carbons (Fsp3) is 0.133. The van der Waals surface area contributed by atoms with Gasteiger partial charge < -0.3 is 0 Å². The zero-order valence-electron chi connectivity index (χ0n) is 11.0. The Labute approximate surface area is 121 Å². The van der Waals surface area contributed by atoms with Crippen molar-refractivity contribution in [2.45, 2.75) is 6.92 Å². The SMILES string of the molecule is CCN=C1N=C2SC=CN2C(=O)/C1=C\c1ccccc1. The predicted molar refractivity (Wildman–Crippen MR) is 83.4 cm³/mol. The van der Waals surface area contributed by atoms with Crippen LogP contribution in [0.1, 0.15) is 12.5 Å². The summed E-state index contributed by atoms with van der Waals surface area (Å²) in [6.45, 7) is 2.54. The number of fused-ring (bicyclic) bond motifs is 1. The molecular weight excluding hydrogens is 270 g/mol. The fourth-order valence-corrected chi connectivity index (χ4v) is 2.70. The van der Waals surface area contributed by atoms with Gasteiger partial charge in [-0.1, -0.05) is 42.1 Å². The highest BCUT2D eigenvalue weighted by atomic mass is 32.2. The Morgan fingerprint density at radius 2 is 2.15 bits per heavy atom. The molecule has 0 unspecified atom stereocenters. The largest absolute Gasteiger partial charge is 0.268 e. The van der Waals surface area contributed by atoms with Gasteiger partial charge in [-0.3, -0.25) is 14.7 Å². The number of aliphatic imine (C=N–C) groups is 2. The molecule has 0 fully saturated rings. The van der Waals surface area contributed by atoms with Crippen molar-refractivity contribution in [1.29, 1.82) is 0 Å². The number of carbonyl (C=O) groups is 1. The summed E-state index contributed by atoms with van der Waals surface area (Å²) in [6, 6.07) is 9.74. The molecular formula is C15H13N3OS. The number of benzene rings is 1. The molecule has 1 aromatic carbocycles. The van der Waals surface area contributed by atoms with E-state index in [0.29, 0.717) is 23.1 Å². The maximum atomic E-state index is 12.5. The Bertz CT molecular complexity index is 659. The summed E-state index contributed by atoms with van der Waals surface area (Å²) in [5.74, 6) is 0.441. The highest BCUT2D eigenvalue weighted by Gasteiger charge is 2.32. The summed E-state index contributed by atoms with van der Waals surface area (Å²) in [7, 11) is 0. The monoisotopic (exact) mass is 283 g/mol. The van der Waals surface area contributed by atoms with Gasteiger partial charge in [-0.25, -0.2) is 4.99 Å². The fourth-order valence-electron chi connectivity index (χ4n) is 2.00. The Morgan fingerprint density at radius 1 is 1.35 bits per heavy atom. The Hall–Kier alpha value is -2.14. The first-order valence-corrected chi connectivity index (χ1v) is 7.24. The van der Waals surface area contributed by atoms with E-state index in [0.717, 1.165) is 5.56 Å². The van der Waals surface area contributed by atoms with E-state index in [-0.39, 0.29) is 5.91 Å². The molecule has 1 aromatic rings. The number of rotatable bonds is 2. The molecule has 0 aliphatic carbocycles. The minimum atomic E-state index is -0.0766. The van der Waals surface area contributed by atoms with E-state index in [9.17, 15) is 4.79 Å². The normalized spacial score (nSPS) is 21.6. The molecule has 0 bridgehead atoms. The van der Waals surface area contributed by atoms with Gasteiger partial charge >= 0.3 is 0 Å². The maximum absolute atomic E-state index is 12.5. The van der Waals surface area contributed by atoms with Crippen molar-refractivity contribution < 1.29 is 4.79 Å². The molecule has 3 rings (SSSR count). The Morgan fingerprint density at radius 3 is 2.90 bits per heavy atom. The Balaban J connectivity index is 2.08. The summed E-state index contributed by atoms with van der Waals surface area (Å²) in [5.41, 5.74) is 1.50. The molecule has 0 atom stereocenters. The van der Waals surface area contributed by atoms with Crippen LogP contribution in [0.15, 0.2) is 57.5 Å². The van der Waals surface area contributed by atoms with Crippen LogP contribution < -0.4 is 0 Å². The topological polar surface area (TPSA) is 45.0 Å². The van der Waals surface area contributed by atoms with Crippen molar-refractivity contribution in [3.63, 3.8) is 0 Å². The highest BCUT2D eigenvalue weighted by molar-refractivity contribution is 8.16. The highest BCUT2D eigenvalue weighted by Crippen LogP contribution is 2.27. The van der Waals surface area contributed by atoms with Crippen LogP contribution in [-0.4, -0.2) is 28.4 Å². The molecule has 100 valence electrons. The minimum Gasteiger partial charge on any atom is -0.268 e. The van der Waals surface area contributed by atoms with Crippen LogP contribution in [-0.2, 0) is 4.79 Å². The van der Waals surface area contributed by atoms with Gasteiger partial charge in [0.2, 0.25) is 0 Å². The second-order valence-corrected chi connectivity index (χ2v) is 5.11. The summed E-state index contributed by atoms with van der Waals surface area (Å²) in [4.78, 5) is 22.9. The molecule has 4 nitrogen and oxygen atoms in total. The van der Waals surface area contributed by atoms with Gasteiger partial charge in [0.25, 0.3) is 5.91 Å². The van der Waals surface area contributed by atoms with E-state index in [4.69, 9.17) is 0 Å². The number of hydrogen-bond donors (Lipinski definition) is 0. The number of hydrogen-bond acceptors (Lipinski definition) is 3. The lowest BCUT2D eigenvalue weighted by Gasteiger charge is -2.21. The zero-order valence-corrected chi connectivity index (χ0v) is 11.8. The third-order valence-electron chi connectivity index (χ3n) is 2.90. The minimum absolute atomic E-state index is 0.0766. The van der Waals surface area contributed by atoms with Crippen molar-refractivity contribution in [3.8, 4) is 0 Å². The standard InChI is InChI=1S/C15H13N3OS/c1-2-16-13-12(10-11-6-4-3-5-7-11)14(19)18-8-9-20-15(18)17-13/h3-10H,2H2,1H3/b12-10-,16-13?. The lowest BCUT2D eigenvalue weighted by Crippen LogP contribution is -2.36. The Kier molecular flexibility index (Phi) is 3.52. The van der Waals surface area contributed by atoms with Gasteiger partial charge in [0, 0.05) is 12.7 Å². The van der Waals surface area contributed by atoms with Gasteiger partial charge in [-0.15, -0.1) is 0 Å². The smallest absolute Gasteiger partial charge is 0.267 e. The number of thioether (sulfide) groups is 1. The molecule has 2 heterocycles. The van der Waals surface area contributed by atoms with E-state index in [1.807, 2.05) is 48.7 Å². The van der Waals surface area contributed by atoms with E-state index in [1.165, 1.54) is 11.8 Å². The molecule has 5 heteroatoms. The number of carbonyl (C=O) groups excluding carboxylic acids is 1. The van der Waals surface area contributed by atoms with Gasteiger partial charge in [-0.05, 0) is 24.0 Å². The number of amides is 1. The molecule has 0 N–H and O–H groups in total. The first-order valence-electron chi connectivity index (χ1n) is 6.36. The summed E-state index contributed by atoms with van der Waals surface area (Å²) in [5, 5.41) is 2.53. The molecule has 0 saturated heterocycles. The summed E-state index contributed by atoms with van der Waals surface area (Å²) in [6.07, 6.45) is 3.58. The number of amidine groups is 2. The van der Waals surface area contributed by atoms with Crippen LogP contribution >= 0.6 is 11.8 Å². The van der Waals surface area contributed by atoms with Crippen LogP contribution in [0.25, 0.3) is 6.08 Å². The van der Waals surface area contributed by atoms with Gasteiger partial charge in [-0.2, -0.15) is 0 Å². The lowest BCUT2D eigenvalue weighted by atomic mass is 10.1. The van der Waals surface area contributed by atoms with E-state index in [1.54, 1.807) is 11.1 Å². The van der Waals surface area contributed by atoms with Gasteiger partial charge in [0.05, 0.1) is 5.57 Å². The van der Waals surface area contributed by atoms with Gasteiger partial charge in [0.15, 0.2) is 11.0 Å². The molecule has 2 aliphatic rings. The molecule has 0 aromatic heterocycles. The molecule has 0 radical (unpaired) electrons. The molecule has 0 saturated carbocycles. The van der Waals surface area contributed by atoms with Crippen molar-refractivity contribution in [1.82, 2.24) is 4.90 Å². The predicted octanol–water partition coefficient (Wildman–Crippen LogP) is 2.90. The van der Waals surface area contributed by atoms with Gasteiger partial charge in [0.1, 0.15) is 0 Å². The third kappa shape index (κ3) is 2.32. The summed E-state index contributed by atoms with van der Waals surface area (Å²) >= 11 is 1.43. The molecule has 0 spiro atoms. The van der Waals surface area contributed by atoms with Crippen molar-refractivity contribution >= 4 is 34.7 Å². The summed E-state index contributed by atoms with van der Waals surface area (Å²) < 4.78 is 0. The van der Waals surface area contributed by atoms with Crippen molar-refractivity contribution in [2.24, 2.45) is 9.98 Å². The van der Waals surface area contributed by atoms with Crippen LogP contribution in [0.3, 0.4) is 0 Å². The van der Waals surface area contributed by atoms with E-state index < -0.39 is 0 Å². The maximum Gasteiger partial charge on any atom is 0.267 e. The molecule has 1 amide bonds. The van der Waals surface area contributed by atoms with E-state index in [2.05, 4.69) is 9.98 Å². The first-order chi connectivity index (χ1) is 9.79. The second-order valence-electron chi connectivity index (χ2n) is 4.24. The number of nitrogens with zero attached hydrogens (tertiary/aromatic N) is 3. The van der Waals surface area contributed by atoms with Crippen LogP contribution in [0.4, 0.5) is 0 Å². The zero-order chi connectivity index (χ0) is 13.9. The van der Waals surface area contributed by atoms with E-state index >= 15 is 0 Å². The average molecular weight is 283 g/mol. The molecule has 20 heavy (non-hydrogen) atoms. The van der Waals surface area contributed by atoms with Crippen LogP contribution in [0.2, 0.25) is 0 Å². The van der Waals surface area contributed by atoms with Crippen molar-refractivity contribution in [2.75, 3.05) is 6.54 Å². The van der Waals surface area contributed by atoms with Crippen molar-refractivity contribution in [3.05, 3.63) is 53.1 Å².